The number of carbonyl (C=O) groups is 2. The van der Waals surface area contributed by atoms with Crippen LogP contribution in [0.2, 0.25) is 0 Å². The van der Waals surface area contributed by atoms with E-state index in [1.54, 1.807) is 4.90 Å². The van der Waals surface area contributed by atoms with Crippen molar-refractivity contribution in [2.45, 2.75) is 39.2 Å². The third-order valence-electron chi connectivity index (χ3n) is 3.67. The lowest BCUT2D eigenvalue weighted by Gasteiger charge is -2.18. The summed E-state index contributed by atoms with van der Waals surface area (Å²) in [5, 5.41) is 3.00. The van der Waals surface area contributed by atoms with Gasteiger partial charge in [-0.15, -0.1) is 0 Å². The maximum absolute atomic E-state index is 12.2. The quantitative estimate of drug-likeness (QED) is 0.896. The Morgan fingerprint density at radius 3 is 2.75 bits per heavy atom. The summed E-state index contributed by atoms with van der Waals surface area (Å²) in [6.45, 7) is 4.58. The molecule has 0 unspecified atom stereocenters. The Kier molecular flexibility index (Phi) is 4.77. The molecule has 0 saturated carbocycles. The van der Waals surface area contributed by atoms with E-state index in [-0.39, 0.29) is 23.8 Å². The standard InChI is InChI=1S/C16H22N2O2/c1-3-7-12(2)17-16(20)13-10-15(19)18(11-13)14-8-5-4-6-9-14/h4-6,8-9,12-13H,3,7,10-11H2,1-2H3,(H,17,20)/t12-,13-/m0/s1. The number of rotatable bonds is 5. The van der Waals surface area contributed by atoms with Gasteiger partial charge in [0.25, 0.3) is 0 Å². The first kappa shape index (κ1) is 14.6. The second kappa shape index (κ2) is 6.55. The lowest BCUT2D eigenvalue weighted by molar-refractivity contribution is -0.126. The molecular weight excluding hydrogens is 252 g/mol. The van der Waals surface area contributed by atoms with E-state index in [1.165, 1.54) is 0 Å². The Morgan fingerprint density at radius 1 is 1.40 bits per heavy atom. The van der Waals surface area contributed by atoms with Crippen LogP contribution < -0.4 is 10.2 Å². The Hall–Kier alpha value is -1.84. The molecule has 2 rings (SSSR count). The molecule has 1 saturated heterocycles. The number of hydrogen-bond donors (Lipinski definition) is 1. The molecule has 0 aromatic heterocycles. The first-order valence-electron chi connectivity index (χ1n) is 7.27. The minimum absolute atomic E-state index is 0.00210. The van der Waals surface area contributed by atoms with Crippen molar-refractivity contribution in [3.8, 4) is 0 Å². The average Bonchev–Trinajstić information content (AvgIpc) is 2.82. The number of carbonyl (C=O) groups excluding carboxylic acids is 2. The zero-order chi connectivity index (χ0) is 14.5. The molecule has 1 aromatic rings. The molecule has 2 atom stereocenters. The predicted molar refractivity (Wildman–Crippen MR) is 79.4 cm³/mol. The Morgan fingerprint density at radius 2 is 2.10 bits per heavy atom. The van der Waals surface area contributed by atoms with E-state index in [2.05, 4.69) is 12.2 Å². The Labute approximate surface area is 120 Å². The van der Waals surface area contributed by atoms with Crippen molar-refractivity contribution >= 4 is 17.5 Å². The van der Waals surface area contributed by atoms with Gasteiger partial charge in [0, 0.05) is 24.7 Å². The summed E-state index contributed by atoms with van der Waals surface area (Å²) < 4.78 is 0. The van der Waals surface area contributed by atoms with Gasteiger partial charge >= 0.3 is 0 Å². The maximum Gasteiger partial charge on any atom is 0.227 e. The van der Waals surface area contributed by atoms with E-state index in [4.69, 9.17) is 0 Å². The van der Waals surface area contributed by atoms with E-state index in [0.29, 0.717) is 13.0 Å². The van der Waals surface area contributed by atoms with Crippen molar-refractivity contribution in [1.29, 1.82) is 0 Å². The number of nitrogens with one attached hydrogen (secondary N) is 1. The van der Waals surface area contributed by atoms with E-state index >= 15 is 0 Å². The zero-order valence-corrected chi connectivity index (χ0v) is 12.1. The molecule has 1 heterocycles. The molecule has 0 aliphatic carbocycles. The SMILES string of the molecule is CCC[C@H](C)NC(=O)[C@H]1CC(=O)N(c2ccccc2)C1. The van der Waals surface area contributed by atoms with E-state index < -0.39 is 0 Å². The second-order valence-corrected chi connectivity index (χ2v) is 5.44. The molecule has 1 aliphatic rings. The van der Waals surface area contributed by atoms with Crippen LogP contribution in [0.25, 0.3) is 0 Å². The smallest absolute Gasteiger partial charge is 0.227 e. The third kappa shape index (κ3) is 3.38. The van der Waals surface area contributed by atoms with Gasteiger partial charge in [0.1, 0.15) is 0 Å². The summed E-state index contributed by atoms with van der Waals surface area (Å²) in [6, 6.07) is 9.70. The molecule has 4 heteroatoms. The molecular formula is C16H22N2O2. The fourth-order valence-electron chi connectivity index (χ4n) is 2.61. The molecule has 4 nitrogen and oxygen atoms in total. The minimum Gasteiger partial charge on any atom is -0.353 e. The summed E-state index contributed by atoms with van der Waals surface area (Å²) in [6.07, 6.45) is 2.32. The number of hydrogen-bond acceptors (Lipinski definition) is 2. The first-order valence-corrected chi connectivity index (χ1v) is 7.27. The van der Waals surface area contributed by atoms with E-state index in [1.807, 2.05) is 37.3 Å². The molecule has 0 bridgehead atoms. The minimum atomic E-state index is -0.234. The van der Waals surface area contributed by atoms with Crippen molar-refractivity contribution in [3.63, 3.8) is 0 Å². The van der Waals surface area contributed by atoms with Crippen molar-refractivity contribution in [2.24, 2.45) is 5.92 Å². The van der Waals surface area contributed by atoms with E-state index in [0.717, 1.165) is 18.5 Å². The molecule has 0 spiro atoms. The number of anilines is 1. The molecule has 1 N–H and O–H groups in total. The highest BCUT2D eigenvalue weighted by molar-refractivity contribution is 6.00. The number of benzene rings is 1. The van der Waals surface area contributed by atoms with Gasteiger partial charge in [-0.1, -0.05) is 31.5 Å². The Bertz CT molecular complexity index is 473. The summed E-state index contributed by atoms with van der Waals surface area (Å²) in [4.78, 5) is 25.9. The normalized spacial score (nSPS) is 20.0. The summed E-state index contributed by atoms with van der Waals surface area (Å²) in [5.74, 6) is -0.209. The van der Waals surface area contributed by atoms with Gasteiger partial charge in [0.15, 0.2) is 0 Å². The highest BCUT2D eigenvalue weighted by Crippen LogP contribution is 2.24. The molecule has 2 amide bonds. The van der Waals surface area contributed by atoms with Crippen LogP contribution in [0.15, 0.2) is 30.3 Å². The topological polar surface area (TPSA) is 49.4 Å². The molecule has 1 aromatic carbocycles. The van der Waals surface area contributed by atoms with Gasteiger partial charge in [-0.3, -0.25) is 9.59 Å². The van der Waals surface area contributed by atoms with Crippen LogP contribution in [-0.4, -0.2) is 24.4 Å². The van der Waals surface area contributed by atoms with Crippen LogP contribution in [-0.2, 0) is 9.59 Å². The van der Waals surface area contributed by atoms with Crippen molar-refractivity contribution in [3.05, 3.63) is 30.3 Å². The zero-order valence-electron chi connectivity index (χ0n) is 12.1. The molecule has 20 heavy (non-hydrogen) atoms. The van der Waals surface area contributed by atoms with Gasteiger partial charge in [0.05, 0.1) is 5.92 Å². The number of nitrogens with zero attached hydrogens (tertiary/aromatic N) is 1. The highest BCUT2D eigenvalue weighted by Gasteiger charge is 2.35. The fourth-order valence-corrected chi connectivity index (χ4v) is 2.61. The van der Waals surface area contributed by atoms with Gasteiger partial charge in [-0.05, 0) is 25.5 Å². The van der Waals surface area contributed by atoms with Gasteiger partial charge in [0.2, 0.25) is 11.8 Å². The Balaban J connectivity index is 1.97. The van der Waals surface area contributed by atoms with Crippen molar-refractivity contribution in [1.82, 2.24) is 5.32 Å². The van der Waals surface area contributed by atoms with Crippen molar-refractivity contribution in [2.75, 3.05) is 11.4 Å². The van der Waals surface area contributed by atoms with Gasteiger partial charge in [-0.25, -0.2) is 0 Å². The first-order chi connectivity index (χ1) is 9.61. The highest BCUT2D eigenvalue weighted by atomic mass is 16.2. The monoisotopic (exact) mass is 274 g/mol. The summed E-state index contributed by atoms with van der Waals surface area (Å²) in [7, 11) is 0. The van der Waals surface area contributed by atoms with Crippen LogP contribution in [0.1, 0.15) is 33.1 Å². The van der Waals surface area contributed by atoms with Gasteiger partial charge in [-0.2, -0.15) is 0 Å². The van der Waals surface area contributed by atoms with Crippen molar-refractivity contribution < 1.29 is 9.59 Å². The molecule has 0 radical (unpaired) electrons. The van der Waals surface area contributed by atoms with E-state index in [9.17, 15) is 9.59 Å². The van der Waals surface area contributed by atoms with Crippen LogP contribution in [0, 0.1) is 5.92 Å². The third-order valence-corrected chi connectivity index (χ3v) is 3.67. The van der Waals surface area contributed by atoms with Crippen LogP contribution in [0.3, 0.4) is 0 Å². The molecule has 1 fully saturated rings. The number of amides is 2. The second-order valence-electron chi connectivity index (χ2n) is 5.44. The predicted octanol–water partition coefficient (Wildman–Crippen LogP) is 2.34. The molecule has 108 valence electrons. The lowest BCUT2D eigenvalue weighted by atomic mass is 10.1. The lowest BCUT2D eigenvalue weighted by Crippen LogP contribution is -2.38. The van der Waals surface area contributed by atoms with Crippen LogP contribution in [0.4, 0.5) is 5.69 Å². The fraction of sp³-hybridized carbons (Fsp3) is 0.500. The van der Waals surface area contributed by atoms with Crippen LogP contribution in [0.5, 0.6) is 0 Å². The molecule has 1 aliphatic heterocycles. The summed E-state index contributed by atoms with van der Waals surface area (Å²) in [5.41, 5.74) is 0.870. The summed E-state index contributed by atoms with van der Waals surface area (Å²) >= 11 is 0. The number of para-hydroxylation sites is 1. The largest absolute Gasteiger partial charge is 0.353 e. The van der Waals surface area contributed by atoms with Gasteiger partial charge < -0.3 is 10.2 Å². The van der Waals surface area contributed by atoms with Crippen LogP contribution >= 0.6 is 0 Å². The maximum atomic E-state index is 12.2. The average molecular weight is 274 g/mol.